The Balaban J connectivity index is 0.000000461. The summed E-state index contributed by atoms with van der Waals surface area (Å²) in [4.78, 5) is 2.01. The van der Waals surface area contributed by atoms with Crippen LogP contribution < -0.4 is 5.73 Å². The van der Waals surface area contributed by atoms with Crippen LogP contribution in [0.3, 0.4) is 0 Å². The molecule has 2 heteroatoms. The van der Waals surface area contributed by atoms with Crippen molar-refractivity contribution in [2.45, 2.75) is 20.8 Å². The lowest BCUT2D eigenvalue weighted by molar-refractivity contribution is 0.451. The molecule has 0 aromatic carbocycles. The quantitative estimate of drug-likeness (QED) is 0.575. The van der Waals surface area contributed by atoms with Crippen molar-refractivity contribution in [3.63, 3.8) is 0 Å². The second-order valence-electron chi connectivity index (χ2n) is 2.40. The maximum Gasteiger partial charge on any atom is 0.0989 e. The molecule has 0 aliphatic carbocycles. The Kier molecular flexibility index (Phi) is 4.42. The summed E-state index contributed by atoms with van der Waals surface area (Å²) in [6.45, 7) is 6.99. The predicted octanol–water partition coefficient (Wildman–Crippen LogP) is 1.70. The SMILES string of the molecule is CC.CC1=CCN(C)C(N)=C1. The van der Waals surface area contributed by atoms with Crippen LogP contribution in [-0.4, -0.2) is 18.5 Å². The second-order valence-corrected chi connectivity index (χ2v) is 2.40. The van der Waals surface area contributed by atoms with Gasteiger partial charge in [0.1, 0.15) is 0 Å². The fourth-order valence-electron chi connectivity index (χ4n) is 0.789. The molecule has 64 valence electrons. The van der Waals surface area contributed by atoms with Crippen LogP contribution in [0.1, 0.15) is 20.8 Å². The van der Waals surface area contributed by atoms with Crippen molar-refractivity contribution in [2.75, 3.05) is 13.6 Å². The third-order valence-electron chi connectivity index (χ3n) is 1.50. The maximum absolute atomic E-state index is 5.61. The van der Waals surface area contributed by atoms with Crippen LogP contribution in [0, 0.1) is 0 Å². The molecule has 0 fully saturated rings. The molecule has 0 atom stereocenters. The normalized spacial score (nSPS) is 16.2. The average molecular weight is 154 g/mol. The molecule has 0 unspecified atom stereocenters. The first-order valence-electron chi connectivity index (χ1n) is 4.05. The summed E-state index contributed by atoms with van der Waals surface area (Å²) < 4.78 is 0. The van der Waals surface area contributed by atoms with Gasteiger partial charge in [-0.2, -0.15) is 0 Å². The zero-order chi connectivity index (χ0) is 8.85. The highest BCUT2D eigenvalue weighted by atomic mass is 15.2. The van der Waals surface area contributed by atoms with Crippen LogP contribution in [0.25, 0.3) is 0 Å². The van der Waals surface area contributed by atoms with E-state index in [0.29, 0.717) is 0 Å². The summed E-state index contributed by atoms with van der Waals surface area (Å²) in [5.41, 5.74) is 6.87. The number of likely N-dealkylation sites (N-methyl/N-ethyl adjacent to an activating group) is 1. The smallest absolute Gasteiger partial charge is 0.0989 e. The van der Waals surface area contributed by atoms with E-state index in [1.54, 1.807) is 0 Å². The lowest BCUT2D eigenvalue weighted by atomic mass is 10.2. The minimum Gasteiger partial charge on any atom is -0.385 e. The third-order valence-corrected chi connectivity index (χ3v) is 1.50. The highest BCUT2D eigenvalue weighted by Gasteiger charge is 2.01. The number of hydrogen-bond donors (Lipinski definition) is 1. The van der Waals surface area contributed by atoms with E-state index in [1.165, 1.54) is 5.57 Å². The molecule has 0 saturated heterocycles. The highest BCUT2D eigenvalue weighted by Crippen LogP contribution is 2.06. The first-order valence-corrected chi connectivity index (χ1v) is 4.05. The maximum atomic E-state index is 5.61. The molecule has 0 aromatic heterocycles. The monoisotopic (exact) mass is 154 g/mol. The Morgan fingerprint density at radius 2 is 2.00 bits per heavy atom. The predicted molar refractivity (Wildman–Crippen MR) is 50.0 cm³/mol. The van der Waals surface area contributed by atoms with E-state index < -0.39 is 0 Å². The lowest BCUT2D eigenvalue weighted by Gasteiger charge is -2.21. The molecule has 2 N–H and O–H groups in total. The van der Waals surface area contributed by atoms with Crippen LogP contribution >= 0.6 is 0 Å². The van der Waals surface area contributed by atoms with Gasteiger partial charge >= 0.3 is 0 Å². The molecule has 0 amide bonds. The molecule has 1 aliphatic rings. The summed E-state index contributed by atoms with van der Waals surface area (Å²) in [6.07, 6.45) is 4.12. The van der Waals surface area contributed by atoms with E-state index in [9.17, 15) is 0 Å². The molecular formula is C9H18N2. The summed E-state index contributed by atoms with van der Waals surface area (Å²) >= 11 is 0. The Morgan fingerprint density at radius 1 is 1.45 bits per heavy atom. The summed E-state index contributed by atoms with van der Waals surface area (Å²) in [6, 6.07) is 0. The van der Waals surface area contributed by atoms with Crippen molar-refractivity contribution in [1.29, 1.82) is 0 Å². The van der Waals surface area contributed by atoms with E-state index in [1.807, 2.05) is 31.9 Å². The lowest BCUT2D eigenvalue weighted by Crippen LogP contribution is -2.25. The van der Waals surface area contributed by atoms with E-state index in [0.717, 1.165) is 12.4 Å². The van der Waals surface area contributed by atoms with E-state index >= 15 is 0 Å². The molecule has 2 nitrogen and oxygen atoms in total. The fraction of sp³-hybridized carbons (Fsp3) is 0.556. The van der Waals surface area contributed by atoms with Crippen molar-refractivity contribution >= 4 is 0 Å². The van der Waals surface area contributed by atoms with E-state index in [-0.39, 0.29) is 0 Å². The first kappa shape index (κ1) is 10.1. The molecule has 1 aliphatic heterocycles. The van der Waals surface area contributed by atoms with Crippen LogP contribution in [-0.2, 0) is 0 Å². The number of nitrogens with two attached hydrogens (primary N) is 1. The summed E-state index contributed by atoms with van der Waals surface area (Å²) in [5.74, 6) is 0.856. The van der Waals surface area contributed by atoms with Gasteiger partial charge in [-0.25, -0.2) is 0 Å². The Hall–Kier alpha value is -0.920. The van der Waals surface area contributed by atoms with Gasteiger partial charge in [-0.1, -0.05) is 19.9 Å². The first-order chi connectivity index (χ1) is 5.20. The topological polar surface area (TPSA) is 29.3 Å². The van der Waals surface area contributed by atoms with Crippen molar-refractivity contribution in [1.82, 2.24) is 4.90 Å². The van der Waals surface area contributed by atoms with Gasteiger partial charge in [-0.05, 0) is 18.6 Å². The zero-order valence-corrected chi connectivity index (χ0v) is 7.89. The third kappa shape index (κ3) is 3.12. The van der Waals surface area contributed by atoms with Gasteiger partial charge in [0.05, 0.1) is 5.82 Å². The fourth-order valence-corrected chi connectivity index (χ4v) is 0.789. The molecule has 0 bridgehead atoms. The summed E-state index contributed by atoms with van der Waals surface area (Å²) in [5, 5.41) is 0. The minimum absolute atomic E-state index is 0.856. The Bertz CT molecular complexity index is 168. The second kappa shape index (κ2) is 4.83. The van der Waals surface area contributed by atoms with Crippen LogP contribution in [0.5, 0.6) is 0 Å². The van der Waals surface area contributed by atoms with Gasteiger partial charge in [-0.3, -0.25) is 0 Å². The van der Waals surface area contributed by atoms with Crippen LogP contribution in [0.15, 0.2) is 23.5 Å². The molecule has 0 radical (unpaired) electrons. The van der Waals surface area contributed by atoms with Gasteiger partial charge in [-0.15, -0.1) is 0 Å². The van der Waals surface area contributed by atoms with Gasteiger partial charge in [0.25, 0.3) is 0 Å². The van der Waals surface area contributed by atoms with Gasteiger partial charge in [0.2, 0.25) is 0 Å². The number of rotatable bonds is 0. The average Bonchev–Trinajstić information content (AvgIpc) is 2.02. The van der Waals surface area contributed by atoms with Crippen molar-refractivity contribution in [3.05, 3.63) is 23.5 Å². The largest absolute Gasteiger partial charge is 0.385 e. The van der Waals surface area contributed by atoms with Gasteiger partial charge < -0.3 is 10.6 Å². The summed E-state index contributed by atoms with van der Waals surface area (Å²) in [7, 11) is 1.98. The number of hydrogen-bond acceptors (Lipinski definition) is 2. The molecule has 0 aromatic rings. The molecule has 0 spiro atoms. The van der Waals surface area contributed by atoms with Crippen molar-refractivity contribution < 1.29 is 0 Å². The van der Waals surface area contributed by atoms with Crippen LogP contribution in [0.4, 0.5) is 0 Å². The van der Waals surface area contributed by atoms with Gasteiger partial charge in [0.15, 0.2) is 0 Å². The minimum atomic E-state index is 0.856. The molecule has 0 saturated carbocycles. The Labute approximate surface area is 69.4 Å². The number of nitrogens with zero attached hydrogens (tertiary/aromatic N) is 1. The van der Waals surface area contributed by atoms with E-state index in [4.69, 9.17) is 5.73 Å². The Morgan fingerprint density at radius 3 is 2.36 bits per heavy atom. The number of allylic oxidation sites excluding steroid dienone is 2. The molecular weight excluding hydrogens is 136 g/mol. The van der Waals surface area contributed by atoms with Crippen molar-refractivity contribution in [3.8, 4) is 0 Å². The van der Waals surface area contributed by atoms with E-state index in [2.05, 4.69) is 13.0 Å². The standard InChI is InChI=1S/C7H12N2.C2H6/c1-6-3-4-9(2)7(8)5-6;1-2/h3,5H,4,8H2,1-2H3;1-2H3. The van der Waals surface area contributed by atoms with Gasteiger partial charge in [0, 0.05) is 13.6 Å². The molecule has 11 heavy (non-hydrogen) atoms. The van der Waals surface area contributed by atoms with Crippen molar-refractivity contribution in [2.24, 2.45) is 5.73 Å². The van der Waals surface area contributed by atoms with Crippen LogP contribution in [0.2, 0.25) is 0 Å². The highest BCUT2D eigenvalue weighted by molar-refractivity contribution is 5.23. The molecule has 1 heterocycles. The zero-order valence-electron chi connectivity index (χ0n) is 7.89. The molecule has 1 rings (SSSR count).